The molecule has 0 unspecified atom stereocenters. The molecule has 104 valence electrons. The van der Waals surface area contributed by atoms with Crippen molar-refractivity contribution in [3.05, 3.63) is 53.3 Å². The lowest BCUT2D eigenvalue weighted by Crippen LogP contribution is -2.13. The summed E-state index contributed by atoms with van der Waals surface area (Å²) >= 11 is 0. The molecule has 1 aromatic carbocycles. The molecule has 7 nitrogen and oxygen atoms in total. The minimum Gasteiger partial charge on any atom is -0.507 e. The van der Waals surface area contributed by atoms with Crippen LogP contribution in [0.15, 0.2) is 36.5 Å². The molecule has 1 heterocycles. The number of nitrogens with zero attached hydrogens (tertiary/aromatic N) is 2. The second-order valence-electron chi connectivity index (χ2n) is 4.04. The number of aromatic nitrogens is 1. The molecule has 2 rings (SSSR count). The Bertz CT molecular complexity index is 748. The number of hydrogen-bond donors (Lipinski definition) is 3. The molecular formula is C14H9N3O4. The summed E-state index contributed by atoms with van der Waals surface area (Å²) < 4.78 is 0. The lowest BCUT2D eigenvalue weighted by molar-refractivity contribution is 0.0693. The minimum atomic E-state index is -1.26. The van der Waals surface area contributed by atoms with Gasteiger partial charge in [0.25, 0.3) is 5.91 Å². The second-order valence-corrected chi connectivity index (χ2v) is 4.04. The lowest BCUT2D eigenvalue weighted by atomic mass is 10.2. The summed E-state index contributed by atoms with van der Waals surface area (Å²) in [5.41, 5.74) is 0.393. The lowest BCUT2D eigenvalue weighted by Gasteiger charge is -2.06. The quantitative estimate of drug-likeness (QED) is 0.786. The molecule has 1 amide bonds. The number of aromatic carboxylic acids is 1. The summed E-state index contributed by atoms with van der Waals surface area (Å²) in [5, 5.41) is 29.4. The summed E-state index contributed by atoms with van der Waals surface area (Å²) in [6.07, 6.45) is 1.26. The standard InChI is InChI=1S/C14H9N3O4/c15-6-8-1-4-11(16-7-8)13(19)17-9-2-3-10(14(20)21)12(18)5-9/h1-5,7,18H,(H,17,19)(H,20,21). The predicted molar refractivity (Wildman–Crippen MR) is 72.0 cm³/mol. The van der Waals surface area contributed by atoms with Crippen LogP contribution in [-0.2, 0) is 0 Å². The molecule has 0 aliphatic heterocycles. The number of anilines is 1. The number of carbonyl (C=O) groups is 2. The first kappa shape index (κ1) is 14.0. The van der Waals surface area contributed by atoms with Crippen LogP contribution in [-0.4, -0.2) is 27.1 Å². The molecule has 0 saturated heterocycles. The molecule has 0 spiro atoms. The SMILES string of the molecule is N#Cc1ccc(C(=O)Nc2ccc(C(=O)O)c(O)c2)nc1. The van der Waals surface area contributed by atoms with Gasteiger partial charge in [-0.05, 0) is 24.3 Å². The van der Waals surface area contributed by atoms with Crippen molar-refractivity contribution in [2.75, 3.05) is 5.32 Å². The number of hydrogen-bond acceptors (Lipinski definition) is 5. The van der Waals surface area contributed by atoms with Crippen molar-refractivity contribution >= 4 is 17.6 Å². The number of amides is 1. The zero-order chi connectivity index (χ0) is 15.4. The van der Waals surface area contributed by atoms with Crippen LogP contribution < -0.4 is 5.32 Å². The Morgan fingerprint density at radius 3 is 2.52 bits per heavy atom. The van der Waals surface area contributed by atoms with Crippen LogP contribution in [0.4, 0.5) is 5.69 Å². The van der Waals surface area contributed by atoms with Gasteiger partial charge in [0.2, 0.25) is 0 Å². The average Bonchev–Trinajstić information content (AvgIpc) is 2.47. The fourth-order valence-corrected chi connectivity index (χ4v) is 1.58. The number of carboxylic acids is 1. The summed E-state index contributed by atoms with van der Waals surface area (Å²) in [4.78, 5) is 26.5. The Labute approximate surface area is 119 Å². The van der Waals surface area contributed by atoms with E-state index in [2.05, 4.69) is 10.3 Å². The van der Waals surface area contributed by atoms with Gasteiger partial charge in [-0.15, -0.1) is 0 Å². The van der Waals surface area contributed by atoms with E-state index in [0.29, 0.717) is 5.56 Å². The highest BCUT2D eigenvalue weighted by Crippen LogP contribution is 2.22. The minimum absolute atomic E-state index is 0.0933. The molecule has 0 bridgehead atoms. The topological polar surface area (TPSA) is 123 Å². The normalized spacial score (nSPS) is 9.67. The molecular weight excluding hydrogens is 274 g/mol. The van der Waals surface area contributed by atoms with Crippen molar-refractivity contribution in [2.45, 2.75) is 0 Å². The fourth-order valence-electron chi connectivity index (χ4n) is 1.58. The molecule has 0 atom stereocenters. The number of carbonyl (C=O) groups excluding carboxylic acids is 1. The Morgan fingerprint density at radius 2 is 2.00 bits per heavy atom. The zero-order valence-electron chi connectivity index (χ0n) is 10.6. The maximum Gasteiger partial charge on any atom is 0.339 e. The Hall–Kier alpha value is -3.40. The zero-order valence-corrected chi connectivity index (χ0v) is 10.6. The Morgan fingerprint density at radius 1 is 1.24 bits per heavy atom. The van der Waals surface area contributed by atoms with Crippen LogP contribution in [0, 0.1) is 11.3 Å². The largest absolute Gasteiger partial charge is 0.507 e. The first-order valence-electron chi connectivity index (χ1n) is 5.75. The van der Waals surface area contributed by atoms with Gasteiger partial charge in [0.15, 0.2) is 0 Å². The number of nitrogens with one attached hydrogen (secondary N) is 1. The monoisotopic (exact) mass is 283 g/mol. The molecule has 3 N–H and O–H groups in total. The van der Waals surface area contributed by atoms with Crippen molar-refractivity contribution < 1.29 is 19.8 Å². The van der Waals surface area contributed by atoms with Crippen LogP contribution in [0.2, 0.25) is 0 Å². The summed E-state index contributed by atoms with van der Waals surface area (Å²) in [7, 11) is 0. The summed E-state index contributed by atoms with van der Waals surface area (Å²) in [5.74, 6) is -2.26. The molecule has 0 radical (unpaired) electrons. The molecule has 0 fully saturated rings. The van der Waals surface area contributed by atoms with E-state index in [9.17, 15) is 14.7 Å². The van der Waals surface area contributed by atoms with Gasteiger partial charge in [0, 0.05) is 18.0 Å². The van der Waals surface area contributed by atoms with Crippen molar-refractivity contribution in [3.63, 3.8) is 0 Å². The molecule has 0 aliphatic rings. The molecule has 21 heavy (non-hydrogen) atoms. The summed E-state index contributed by atoms with van der Waals surface area (Å²) in [6.45, 7) is 0. The van der Waals surface area contributed by atoms with Gasteiger partial charge >= 0.3 is 5.97 Å². The maximum atomic E-state index is 11.9. The van der Waals surface area contributed by atoms with Gasteiger partial charge in [0.1, 0.15) is 23.1 Å². The second kappa shape index (κ2) is 5.71. The van der Waals surface area contributed by atoms with Crippen molar-refractivity contribution in [1.82, 2.24) is 4.98 Å². The number of phenols is 1. The number of nitriles is 1. The number of carboxylic acid groups (broad SMARTS) is 1. The van der Waals surface area contributed by atoms with E-state index >= 15 is 0 Å². The van der Waals surface area contributed by atoms with E-state index in [1.807, 2.05) is 6.07 Å². The van der Waals surface area contributed by atoms with E-state index in [-0.39, 0.29) is 16.9 Å². The third-order valence-electron chi connectivity index (χ3n) is 2.61. The third-order valence-corrected chi connectivity index (χ3v) is 2.61. The predicted octanol–water partition coefficient (Wildman–Crippen LogP) is 1.61. The van der Waals surface area contributed by atoms with Gasteiger partial charge in [-0.3, -0.25) is 4.79 Å². The number of benzene rings is 1. The van der Waals surface area contributed by atoms with E-state index in [4.69, 9.17) is 10.4 Å². The number of pyridine rings is 1. The molecule has 7 heteroatoms. The first-order chi connectivity index (χ1) is 10.0. The highest BCUT2D eigenvalue weighted by Gasteiger charge is 2.12. The maximum absolute atomic E-state index is 11.9. The highest BCUT2D eigenvalue weighted by molar-refractivity contribution is 6.03. The number of aromatic hydroxyl groups is 1. The van der Waals surface area contributed by atoms with Gasteiger partial charge in [0.05, 0.1) is 5.56 Å². The van der Waals surface area contributed by atoms with E-state index < -0.39 is 17.6 Å². The van der Waals surface area contributed by atoms with E-state index in [0.717, 1.165) is 6.07 Å². The van der Waals surface area contributed by atoms with Gasteiger partial charge in [-0.25, -0.2) is 9.78 Å². The van der Waals surface area contributed by atoms with Crippen LogP contribution in [0.25, 0.3) is 0 Å². The molecule has 1 aromatic heterocycles. The van der Waals surface area contributed by atoms with Crippen molar-refractivity contribution in [2.24, 2.45) is 0 Å². The highest BCUT2D eigenvalue weighted by atomic mass is 16.4. The molecule has 0 aliphatic carbocycles. The van der Waals surface area contributed by atoms with E-state index in [1.54, 1.807) is 0 Å². The number of rotatable bonds is 3. The summed E-state index contributed by atoms with van der Waals surface area (Å²) in [6, 6.07) is 8.39. The van der Waals surface area contributed by atoms with Crippen LogP contribution in [0.3, 0.4) is 0 Å². The molecule has 0 saturated carbocycles. The average molecular weight is 283 g/mol. The van der Waals surface area contributed by atoms with Crippen molar-refractivity contribution in [1.29, 1.82) is 5.26 Å². The van der Waals surface area contributed by atoms with Crippen LogP contribution >= 0.6 is 0 Å². The van der Waals surface area contributed by atoms with Gasteiger partial charge in [-0.2, -0.15) is 5.26 Å². The van der Waals surface area contributed by atoms with E-state index in [1.165, 1.54) is 30.5 Å². The first-order valence-corrected chi connectivity index (χ1v) is 5.75. The van der Waals surface area contributed by atoms with Crippen LogP contribution in [0.1, 0.15) is 26.4 Å². The smallest absolute Gasteiger partial charge is 0.339 e. The Kier molecular flexibility index (Phi) is 3.81. The van der Waals surface area contributed by atoms with Crippen LogP contribution in [0.5, 0.6) is 5.75 Å². The van der Waals surface area contributed by atoms with Gasteiger partial charge < -0.3 is 15.5 Å². The third kappa shape index (κ3) is 3.13. The fraction of sp³-hybridized carbons (Fsp3) is 0. The Balaban J connectivity index is 2.17. The molecule has 2 aromatic rings. The van der Waals surface area contributed by atoms with Gasteiger partial charge in [-0.1, -0.05) is 0 Å². The van der Waals surface area contributed by atoms with Crippen molar-refractivity contribution in [3.8, 4) is 11.8 Å².